The number of amides is 1. The Labute approximate surface area is 144 Å². The van der Waals surface area contributed by atoms with Crippen molar-refractivity contribution in [2.45, 2.75) is 46.1 Å². The van der Waals surface area contributed by atoms with Gasteiger partial charge in [-0.2, -0.15) is 0 Å². The van der Waals surface area contributed by atoms with Crippen molar-refractivity contribution in [2.24, 2.45) is 5.92 Å². The fraction of sp³-hybridized carbons (Fsp3) is 0.550. The van der Waals surface area contributed by atoms with E-state index in [1.807, 2.05) is 24.0 Å². The molecule has 1 fully saturated rings. The maximum Gasteiger partial charge on any atom is 0.246 e. The fourth-order valence-corrected chi connectivity index (χ4v) is 3.52. The molecule has 2 unspecified atom stereocenters. The second-order valence-electron chi connectivity index (χ2n) is 6.93. The van der Waals surface area contributed by atoms with E-state index in [9.17, 15) is 4.79 Å². The van der Waals surface area contributed by atoms with Gasteiger partial charge < -0.3 is 14.4 Å². The second kappa shape index (κ2) is 7.29. The van der Waals surface area contributed by atoms with Crippen molar-refractivity contribution in [1.29, 1.82) is 0 Å². The van der Waals surface area contributed by atoms with Crippen molar-refractivity contribution in [3.05, 3.63) is 29.3 Å². The molecule has 24 heavy (non-hydrogen) atoms. The molecule has 0 N–H and O–H groups in total. The molecule has 1 saturated heterocycles. The van der Waals surface area contributed by atoms with Crippen molar-refractivity contribution < 1.29 is 14.3 Å². The predicted molar refractivity (Wildman–Crippen MR) is 95.4 cm³/mol. The SMILES string of the molecule is CCOc1cc2c(cc1/C=C/C(=O)N1CCCC(C)C1)OC(C)C2. The van der Waals surface area contributed by atoms with Crippen LogP contribution in [0.15, 0.2) is 18.2 Å². The van der Waals surface area contributed by atoms with E-state index in [0.29, 0.717) is 12.5 Å². The Kier molecular flexibility index (Phi) is 5.12. The van der Waals surface area contributed by atoms with Crippen molar-refractivity contribution >= 4 is 12.0 Å². The number of rotatable bonds is 4. The molecule has 0 spiro atoms. The zero-order valence-corrected chi connectivity index (χ0v) is 14.9. The number of hydrogen-bond donors (Lipinski definition) is 0. The van der Waals surface area contributed by atoms with Gasteiger partial charge in [-0.15, -0.1) is 0 Å². The van der Waals surface area contributed by atoms with Crippen molar-refractivity contribution in [1.82, 2.24) is 4.90 Å². The minimum absolute atomic E-state index is 0.0822. The number of carbonyl (C=O) groups excluding carboxylic acids is 1. The van der Waals surface area contributed by atoms with E-state index in [1.165, 1.54) is 12.0 Å². The van der Waals surface area contributed by atoms with Crippen LogP contribution in [0, 0.1) is 5.92 Å². The van der Waals surface area contributed by atoms with Gasteiger partial charge in [0.1, 0.15) is 17.6 Å². The summed E-state index contributed by atoms with van der Waals surface area (Å²) in [6, 6.07) is 4.04. The summed E-state index contributed by atoms with van der Waals surface area (Å²) in [5.41, 5.74) is 2.09. The molecule has 0 aromatic heterocycles. The average molecular weight is 329 g/mol. The van der Waals surface area contributed by atoms with Crippen molar-refractivity contribution in [3.8, 4) is 11.5 Å². The molecule has 4 nitrogen and oxygen atoms in total. The summed E-state index contributed by atoms with van der Waals surface area (Å²) < 4.78 is 11.6. The molecule has 2 aliphatic rings. The molecule has 130 valence electrons. The lowest BCUT2D eigenvalue weighted by atomic mass is 10.0. The first-order valence-electron chi connectivity index (χ1n) is 9.00. The van der Waals surface area contributed by atoms with Crippen LogP contribution in [0.5, 0.6) is 11.5 Å². The summed E-state index contributed by atoms with van der Waals surface area (Å²) in [6.07, 6.45) is 6.94. The fourth-order valence-electron chi connectivity index (χ4n) is 3.52. The Morgan fingerprint density at radius 1 is 1.42 bits per heavy atom. The quantitative estimate of drug-likeness (QED) is 0.791. The minimum atomic E-state index is 0.0822. The molecule has 1 amide bonds. The highest BCUT2D eigenvalue weighted by atomic mass is 16.5. The number of likely N-dealkylation sites (tertiary alicyclic amines) is 1. The highest BCUT2D eigenvalue weighted by Gasteiger charge is 2.22. The van der Waals surface area contributed by atoms with Gasteiger partial charge in [0.05, 0.1) is 6.61 Å². The maximum atomic E-state index is 12.4. The van der Waals surface area contributed by atoms with E-state index in [0.717, 1.165) is 43.0 Å². The molecule has 2 heterocycles. The van der Waals surface area contributed by atoms with E-state index in [4.69, 9.17) is 9.47 Å². The normalized spacial score (nSPS) is 23.2. The molecule has 2 atom stereocenters. The Hall–Kier alpha value is -1.97. The summed E-state index contributed by atoms with van der Waals surface area (Å²) >= 11 is 0. The van der Waals surface area contributed by atoms with Gasteiger partial charge in [0.25, 0.3) is 0 Å². The zero-order chi connectivity index (χ0) is 17.1. The average Bonchev–Trinajstić information content (AvgIpc) is 2.91. The lowest BCUT2D eigenvalue weighted by molar-refractivity contribution is -0.127. The maximum absolute atomic E-state index is 12.4. The molecule has 0 saturated carbocycles. The van der Waals surface area contributed by atoms with Crippen LogP contribution in [0.2, 0.25) is 0 Å². The van der Waals surface area contributed by atoms with Crippen LogP contribution in [0.25, 0.3) is 6.08 Å². The highest BCUT2D eigenvalue weighted by molar-refractivity contribution is 5.92. The summed E-state index contributed by atoms with van der Waals surface area (Å²) in [5, 5.41) is 0. The molecule has 2 aliphatic heterocycles. The van der Waals surface area contributed by atoms with Crippen LogP contribution >= 0.6 is 0 Å². The summed E-state index contributed by atoms with van der Waals surface area (Å²) in [5.74, 6) is 2.40. The molecular weight excluding hydrogens is 302 g/mol. The van der Waals surface area contributed by atoms with Crippen LogP contribution < -0.4 is 9.47 Å². The Balaban J connectivity index is 1.78. The Bertz CT molecular complexity index is 638. The monoisotopic (exact) mass is 329 g/mol. The van der Waals surface area contributed by atoms with Crippen molar-refractivity contribution in [3.63, 3.8) is 0 Å². The number of fused-ring (bicyclic) bond motifs is 1. The highest BCUT2D eigenvalue weighted by Crippen LogP contribution is 2.35. The van der Waals surface area contributed by atoms with Gasteiger partial charge in [-0.3, -0.25) is 4.79 Å². The summed E-state index contributed by atoms with van der Waals surface area (Å²) in [4.78, 5) is 14.4. The summed E-state index contributed by atoms with van der Waals surface area (Å²) in [7, 11) is 0. The number of nitrogens with zero attached hydrogens (tertiary/aromatic N) is 1. The number of benzene rings is 1. The van der Waals surface area contributed by atoms with Gasteiger partial charge >= 0.3 is 0 Å². The van der Waals surface area contributed by atoms with Gasteiger partial charge in [-0.25, -0.2) is 0 Å². The Morgan fingerprint density at radius 3 is 3.00 bits per heavy atom. The standard InChI is InChI=1S/C20H27NO3/c1-4-23-18-12-17-10-15(3)24-19(17)11-16(18)7-8-20(22)21-9-5-6-14(2)13-21/h7-8,11-12,14-15H,4-6,9-10,13H2,1-3H3/b8-7+. The van der Waals surface area contributed by atoms with Gasteiger partial charge in [-0.1, -0.05) is 6.92 Å². The van der Waals surface area contributed by atoms with Crippen LogP contribution in [-0.2, 0) is 11.2 Å². The lowest BCUT2D eigenvalue weighted by Gasteiger charge is -2.30. The summed E-state index contributed by atoms with van der Waals surface area (Å²) in [6.45, 7) is 8.56. The van der Waals surface area contributed by atoms with Crippen LogP contribution in [0.4, 0.5) is 0 Å². The van der Waals surface area contributed by atoms with Gasteiger partial charge in [-0.05, 0) is 50.8 Å². The molecule has 0 aliphatic carbocycles. The third kappa shape index (κ3) is 3.74. The van der Waals surface area contributed by atoms with Crippen LogP contribution in [0.1, 0.15) is 44.7 Å². The molecule has 3 rings (SSSR count). The third-order valence-corrected chi connectivity index (χ3v) is 4.70. The van der Waals surface area contributed by atoms with Gasteiger partial charge in [0, 0.05) is 36.7 Å². The number of piperidine rings is 1. The first-order chi connectivity index (χ1) is 11.6. The smallest absolute Gasteiger partial charge is 0.246 e. The van der Waals surface area contributed by atoms with E-state index in [-0.39, 0.29) is 12.0 Å². The topological polar surface area (TPSA) is 38.8 Å². The van der Waals surface area contributed by atoms with Crippen LogP contribution in [-0.4, -0.2) is 36.6 Å². The van der Waals surface area contributed by atoms with E-state index in [1.54, 1.807) is 6.08 Å². The number of ether oxygens (including phenoxy) is 2. The largest absolute Gasteiger partial charge is 0.493 e. The van der Waals surface area contributed by atoms with Crippen LogP contribution in [0.3, 0.4) is 0 Å². The minimum Gasteiger partial charge on any atom is -0.493 e. The predicted octanol–water partition coefficient (Wildman–Crippen LogP) is 3.68. The second-order valence-corrected chi connectivity index (χ2v) is 6.93. The number of carbonyl (C=O) groups is 1. The molecule has 1 aromatic rings. The third-order valence-electron chi connectivity index (χ3n) is 4.70. The first kappa shape index (κ1) is 16.9. The van der Waals surface area contributed by atoms with E-state index < -0.39 is 0 Å². The molecule has 1 aromatic carbocycles. The lowest BCUT2D eigenvalue weighted by Crippen LogP contribution is -2.38. The first-order valence-corrected chi connectivity index (χ1v) is 9.00. The zero-order valence-electron chi connectivity index (χ0n) is 14.9. The molecular formula is C20H27NO3. The Morgan fingerprint density at radius 2 is 2.25 bits per heavy atom. The molecule has 4 heteroatoms. The van der Waals surface area contributed by atoms with E-state index >= 15 is 0 Å². The van der Waals surface area contributed by atoms with Gasteiger partial charge in [0.15, 0.2) is 0 Å². The van der Waals surface area contributed by atoms with Crippen molar-refractivity contribution in [2.75, 3.05) is 19.7 Å². The van der Waals surface area contributed by atoms with E-state index in [2.05, 4.69) is 19.9 Å². The molecule has 0 bridgehead atoms. The van der Waals surface area contributed by atoms with Gasteiger partial charge in [0.2, 0.25) is 5.91 Å². The molecule has 0 radical (unpaired) electrons. The number of hydrogen-bond acceptors (Lipinski definition) is 3.